The van der Waals surface area contributed by atoms with E-state index in [1.54, 1.807) is 30.3 Å². The Bertz CT molecular complexity index is 666. The zero-order chi connectivity index (χ0) is 15.2. The number of rotatable bonds is 2. The second kappa shape index (κ2) is 6.33. The van der Waals surface area contributed by atoms with Gasteiger partial charge >= 0.3 is 11.8 Å². The van der Waals surface area contributed by atoms with Gasteiger partial charge in [0.05, 0.1) is 0 Å². The molecule has 0 atom stereocenters. The summed E-state index contributed by atoms with van der Waals surface area (Å²) in [6.07, 6.45) is 0. The van der Waals surface area contributed by atoms with Crippen molar-refractivity contribution >= 4 is 29.1 Å². The van der Waals surface area contributed by atoms with Crippen molar-refractivity contribution in [1.82, 2.24) is 5.32 Å². The Hall–Kier alpha value is -3.15. The average molecular weight is 283 g/mol. The lowest BCUT2D eigenvalue weighted by atomic mass is 10.2. The SMILES string of the molecule is Nc1ccc(C(=O)NC(=O)C(=O)Nc2ccccc2)cc1. The molecule has 0 saturated carbocycles. The van der Waals surface area contributed by atoms with E-state index in [4.69, 9.17) is 5.73 Å². The van der Waals surface area contributed by atoms with Crippen LogP contribution in [0.1, 0.15) is 10.4 Å². The van der Waals surface area contributed by atoms with Crippen LogP contribution in [-0.4, -0.2) is 17.7 Å². The Morgan fingerprint density at radius 3 is 2.05 bits per heavy atom. The molecule has 2 aromatic carbocycles. The summed E-state index contributed by atoms with van der Waals surface area (Å²) in [5.41, 5.74) is 6.71. The summed E-state index contributed by atoms with van der Waals surface area (Å²) in [4.78, 5) is 35.0. The van der Waals surface area contributed by atoms with Crippen LogP contribution in [0.3, 0.4) is 0 Å². The van der Waals surface area contributed by atoms with E-state index in [2.05, 4.69) is 5.32 Å². The van der Waals surface area contributed by atoms with Crippen molar-refractivity contribution in [2.75, 3.05) is 11.1 Å². The molecule has 4 N–H and O–H groups in total. The number of hydrogen-bond donors (Lipinski definition) is 3. The lowest BCUT2D eigenvalue weighted by Gasteiger charge is -2.05. The fourth-order valence-electron chi connectivity index (χ4n) is 1.58. The Morgan fingerprint density at radius 2 is 1.43 bits per heavy atom. The molecule has 0 unspecified atom stereocenters. The van der Waals surface area contributed by atoms with Crippen LogP contribution in [0.25, 0.3) is 0 Å². The Balaban J connectivity index is 1.96. The third-order valence-electron chi connectivity index (χ3n) is 2.64. The largest absolute Gasteiger partial charge is 0.399 e. The summed E-state index contributed by atoms with van der Waals surface area (Å²) >= 11 is 0. The number of nitrogens with one attached hydrogen (secondary N) is 2. The summed E-state index contributed by atoms with van der Waals surface area (Å²) in [7, 11) is 0. The Labute approximate surface area is 121 Å². The normalized spacial score (nSPS) is 9.71. The predicted octanol–water partition coefficient (Wildman–Crippen LogP) is 1.16. The minimum absolute atomic E-state index is 0.241. The highest BCUT2D eigenvalue weighted by Crippen LogP contribution is 2.06. The number of para-hydroxylation sites is 1. The minimum atomic E-state index is -1.03. The van der Waals surface area contributed by atoms with Crippen LogP contribution in [-0.2, 0) is 9.59 Å². The average Bonchev–Trinajstić information content (AvgIpc) is 2.48. The maximum atomic E-state index is 11.8. The Kier molecular flexibility index (Phi) is 4.30. The van der Waals surface area contributed by atoms with Crippen molar-refractivity contribution in [3.8, 4) is 0 Å². The number of benzene rings is 2. The number of carbonyl (C=O) groups is 3. The summed E-state index contributed by atoms with van der Waals surface area (Å²) in [6, 6.07) is 14.5. The van der Waals surface area contributed by atoms with Gasteiger partial charge in [-0.3, -0.25) is 19.7 Å². The molecule has 0 radical (unpaired) electrons. The van der Waals surface area contributed by atoms with Crippen molar-refractivity contribution in [2.45, 2.75) is 0 Å². The fourth-order valence-corrected chi connectivity index (χ4v) is 1.58. The number of carbonyl (C=O) groups excluding carboxylic acids is 3. The van der Waals surface area contributed by atoms with E-state index >= 15 is 0 Å². The first-order valence-corrected chi connectivity index (χ1v) is 6.13. The van der Waals surface area contributed by atoms with Crippen LogP contribution in [0.4, 0.5) is 11.4 Å². The lowest BCUT2D eigenvalue weighted by molar-refractivity contribution is -0.135. The third kappa shape index (κ3) is 3.90. The van der Waals surface area contributed by atoms with E-state index in [-0.39, 0.29) is 5.56 Å². The van der Waals surface area contributed by atoms with Gasteiger partial charge < -0.3 is 11.1 Å². The third-order valence-corrected chi connectivity index (χ3v) is 2.64. The van der Waals surface area contributed by atoms with Gasteiger partial charge in [-0.2, -0.15) is 0 Å². The van der Waals surface area contributed by atoms with Gasteiger partial charge in [-0.25, -0.2) is 0 Å². The number of nitrogens with two attached hydrogens (primary N) is 1. The second-order valence-corrected chi connectivity index (χ2v) is 4.23. The molecule has 0 aromatic heterocycles. The van der Waals surface area contributed by atoms with E-state index in [1.807, 2.05) is 5.32 Å². The van der Waals surface area contributed by atoms with Crippen molar-refractivity contribution in [1.29, 1.82) is 0 Å². The van der Waals surface area contributed by atoms with Crippen molar-refractivity contribution in [3.63, 3.8) is 0 Å². The first-order chi connectivity index (χ1) is 10.1. The molecule has 0 heterocycles. The van der Waals surface area contributed by atoms with Crippen LogP contribution in [0.2, 0.25) is 0 Å². The quantitative estimate of drug-likeness (QED) is 0.568. The molecule has 0 spiro atoms. The van der Waals surface area contributed by atoms with Crippen molar-refractivity contribution in [3.05, 3.63) is 60.2 Å². The predicted molar refractivity (Wildman–Crippen MR) is 78.4 cm³/mol. The van der Waals surface area contributed by atoms with Crippen LogP contribution in [0.15, 0.2) is 54.6 Å². The molecule has 2 aromatic rings. The van der Waals surface area contributed by atoms with E-state index in [0.29, 0.717) is 11.4 Å². The highest BCUT2D eigenvalue weighted by molar-refractivity contribution is 6.42. The zero-order valence-corrected chi connectivity index (χ0v) is 11.0. The second-order valence-electron chi connectivity index (χ2n) is 4.23. The van der Waals surface area contributed by atoms with Crippen molar-refractivity contribution < 1.29 is 14.4 Å². The van der Waals surface area contributed by atoms with Crippen LogP contribution >= 0.6 is 0 Å². The molecular formula is C15H13N3O3. The van der Waals surface area contributed by atoms with E-state index in [0.717, 1.165) is 0 Å². The molecule has 0 bridgehead atoms. The number of amides is 3. The molecule has 0 aliphatic carbocycles. The molecule has 6 heteroatoms. The molecular weight excluding hydrogens is 270 g/mol. The molecule has 21 heavy (non-hydrogen) atoms. The van der Waals surface area contributed by atoms with Crippen LogP contribution in [0.5, 0.6) is 0 Å². The van der Waals surface area contributed by atoms with Gasteiger partial charge in [-0.15, -0.1) is 0 Å². The standard InChI is InChI=1S/C15H13N3O3/c16-11-8-6-10(7-9-11)13(19)18-15(21)14(20)17-12-4-2-1-3-5-12/h1-9H,16H2,(H,17,20)(H,18,19,21). The summed E-state index contributed by atoms with van der Waals surface area (Å²) in [5, 5.41) is 4.39. The molecule has 106 valence electrons. The van der Waals surface area contributed by atoms with Gasteiger partial charge in [-0.1, -0.05) is 18.2 Å². The monoisotopic (exact) mass is 283 g/mol. The highest BCUT2D eigenvalue weighted by atomic mass is 16.2. The smallest absolute Gasteiger partial charge is 0.316 e. The molecule has 3 amide bonds. The van der Waals surface area contributed by atoms with Crippen LogP contribution < -0.4 is 16.4 Å². The van der Waals surface area contributed by atoms with Crippen molar-refractivity contribution in [2.24, 2.45) is 0 Å². The molecule has 0 saturated heterocycles. The topological polar surface area (TPSA) is 101 Å². The van der Waals surface area contributed by atoms with Gasteiger partial charge in [0.1, 0.15) is 0 Å². The number of nitrogen functional groups attached to an aromatic ring is 1. The minimum Gasteiger partial charge on any atom is -0.399 e. The maximum absolute atomic E-state index is 11.8. The van der Waals surface area contributed by atoms with E-state index < -0.39 is 17.7 Å². The van der Waals surface area contributed by atoms with Gasteiger partial charge in [0.15, 0.2) is 0 Å². The van der Waals surface area contributed by atoms with Gasteiger partial charge in [0, 0.05) is 16.9 Å². The van der Waals surface area contributed by atoms with E-state index in [1.165, 1.54) is 24.3 Å². The molecule has 0 fully saturated rings. The first-order valence-electron chi connectivity index (χ1n) is 6.13. The lowest BCUT2D eigenvalue weighted by Crippen LogP contribution is -2.39. The molecule has 2 rings (SSSR count). The number of anilines is 2. The summed E-state index contributed by atoms with van der Waals surface area (Å²) < 4.78 is 0. The Morgan fingerprint density at radius 1 is 0.810 bits per heavy atom. The van der Waals surface area contributed by atoms with Gasteiger partial charge in [0.2, 0.25) is 0 Å². The summed E-state index contributed by atoms with van der Waals surface area (Å²) in [5.74, 6) is -2.60. The van der Waals surface area contributed by atoms with Crippen LogP contribution in [0, 0.1) is 0 Å². The fraction of sp³-hybridized carbons (Fsp3) is 0. The number of imide groups is 1. The highest BCUT2D eigenvalue weighted by Gasteiger charge is 2.17. The van der Waals surface area contributed by atoms with E-state index in [9.17, 15) is 14.4 Å². The maximum Gasteiger partial charge on any atom is 0.316 e. The zero-order valence-electron chi connectivity index (χ0n) is 11.0. The molecule has 6 nitrogen and oxygen atoms in total. The first kappa shape index (κ1) is 14.3. The molecule has 0 aliphatic heterocycles. The summed E-state index contributed by atoms with van der Waals surface area (Å²) in [6.45, 7) is 0. The molecule has 0 aliphatic rings. The van der Waals surface area contributed by atoms with Gasteiger partial charge in [-0.05, 0) is 36.4 Å². The van der Waals surface area contributed by atoms with Gasteiger partial charge in [0.25, 0.3) is 5.91 Å². The number of hydrogen-bond acceptors (Lipinski definition) is 4.